The third-order valence-corrected chi connectivity index (χ3v) is 6.02. The first-order valence-electron chi connectivity index (χ1n) is 9.73. The van der Waals surface area contributed by atoms with Gasteiger partial charge in [-0.1, -0.05) is 45.0 Å². The lowest BCUT2D eigenvalue weighted by molar-refractivity contribution is -0.133. The first-order valence-corrected chi connectivity index (χ1v) is 11.0. The number of benzene rings is 2. The summed E-state index contributed by atoms with van der Waals surface area (Å²) in [6.07, 6.45) is 1.97. The van der Waals surface area contributed by atoms with Crippen molar-refractivity contribution in [3.8, 4) is 0 Å². The van der Waals surface area contributed by atoms with E-state index in [1.165, 1.54) is 0 Å². The van der Waals surface area contributed by atoms with Crippen LogP contribution in [0.25, 0.3) is 0 Å². The number of amides is 4. The molecule has 0 bridgehead atoms. The molecule has 2 aromatic carbocycles. The van der Waals surface area contributed by atoms with Crippen molar-refractivity contribution in [2.75, 3.05) is 18.1 Å². The average Bonchev–Trinajstić information content (AvgIpc) is 2.92. The van der Waals surface area contributed by atoms with Crippen LogP contribution in [-0.2, 0) is 20.5 Å². The number of nitrogens with one attached hydrogen (secondary N) is 2. The summed E-state index contributed by atoms with van der Waals surface area (Å²) in [6, 6.07) is 14.4. The summed E-state index contributed by atoms with van der Waals surface area (Å²) in [7, 11) is 0. The summed E-state index contributed by atoms with van der Waals surface area (Å²) in [5, 5.41) is 5.47. The number of nitrogens with zero attached hydrogens (tertiary/aromatic N) is 1. The fraction of sp³-hybridized carbons (Fsp3) is 0.348. The lowest BCUT2D eigenvalue weighted by Crippen LogP contribution is -2.42. The average molecular weight is 426 g/mol. The van der Waals surface area contributed by atoms with E-state index < -0.39 is 23.4 Å². The number of anilines is 1. The topological polar surface area (TPSA) is 78.5 Å². The van der Waals surface area contributed by atoms with E-state index in [4.69, 9.17) is 0 Å². The van der Waals surface area contributed by atoms with Gasteiger partial charge in [0.2, 0.25) is 5.91 Å². The van der Waals surface area contributed by atoms with Crippen molar-refractivity contribution in [2.45, 2.75) is 43.5 Å². The Morgan fingerprint density at radius 3 is 2.20 bits per heavy atom. The van der Waals surface area contributed by atoms with Gasteiger partial charge in [0.15, 0.2) is 0 Å². The minimum absolute atomic E-state index is 0.0134. The first-order chi connectivity index (χ1) is 14.0. The SMILES string of the molecule is CSc1ccc(NC(=O)CN2C(=O)NC(C)(c3ccc(C(C)(C)C)cc3)C2=O)cc1. The summed E-state index contributed by atoms with van der Waals surface area (Å²) in [6.45, 7) is 7.66. The number of carbonyl (C=O) groups excluding carboxylic acids is 3. The van der Waals surface area contributed by atoms with Crippen molar-refractivity contribution >= 4 is 35.3 Å². The second kappa shape index (κ2) is 8.14. The highest BCUT2D eigenvalue weighted by Gasteiger charge is 2.49. The summed E-state index contributed by atoms with van der Waals surface area (Å²) in [5.41, 5.74) is 1.22. The summed E-state index contributed by atoms with van der Waals surface area (Å²) >= 11 is 1.60. The molecular formula is C23H27N3O3S. The van der Waals surface area contributed by atoms with Gasteiger partial charge < -0.3 is 10.6 Å². The van der Waals surface area contributed by atoms with Gasteiger partial charge in [0, 0.05) is 10.6 Å². The van der Waals surface area contributed by atoms with Gasteiger partial charge in [0.1, 0.15) is 12.1 Å². The standard InChI is InChI=1S/C23H27N3O3S/c1-22(2,3)15-6-8-16(9-7-15)23(4)20(28)26(21(29)25-23)14-19(27)24-17-10-12-18(30-5)13-11-17/h6-13H,14H2,1-5H3,(H,24,27)(H,25,29). The van der Waals surface area contributed by atoms with Gasteiger partial charge in [-0.2, -0.15) is 0 Å². The van der Waals surface area contributed by atoms with E-state index in [1.54, 1.807) is 30.8 Å². The van der Waals surface area contributed by atoms with Crippen LogP contribution >= 0.6 is 11.8 Å². The molecule has 4 amide bonds. The smallest absolute Gasteiger partial charge is 0.325 e. The van der Waals surface area contributed by atoms with Crippen LogP contribution in [0.5, 0.6) is 0 Å². The van der Waals surface area contributed by atoms with Crippen molar-refractivity contribution in [3.05, 3.63) is 59.7 Å². The van der Waals surface area contributed by atoms with Crippen LogP contribution in [0.1, 0.15) is 38.8 Å². The van der Waals surface area contributed by atoms with Crippen molar-refractivity contribution < 1.29 is 14.4 Å². The first kappa shape index (κ1) is 21.9. The molecule has 1 unspecified atom stereocenters. The molecule has 1 aliphatic heterocycles. The van der Waals surface area contributed by atoms with E-state index in [0.29, 0.717) is 11.3 Å². The van der Waals surface area contributed by atoms with Gasteiger partial charge in [0.25, 0.3) is 5.91 Å². The van der Waals surface area contributed by atoms with Gasteiger partial charge in [-0.05, 0) is 54.0 Å². The Hall–Kier alpha value is -2.80. The van der Waals surface area contributed by atoms with E-state index in [-0.39, 0.29) is 12.0 Å². The summed E-state index contributed by atoms with van der Waals surface area (Å²) < 4.78 is 0. The molecule has 3 rings (SSSR count). The number of hydrogen-bond donors (Lipinski definition) is 2. The monoisotopic (exact) mass is 425 g/mol. The zero-order valence-corrected chi connectivity index (χ0v) is 18.7. The molecule has 1 saturated heterocycles. The highest BCUT2D eigenvalue weighted by molar-refractivity contribution is 7.98. The van der Waals surface area contributed by atoms with Gasteiger partial charge in [-0.25, -0.2) is 4.79 Å². The van der Waals surface area contributed by atoms with Crippen LogP contribution in [-0.4, -0.2) is 35.5 Å². The zero-order chi connectivity index (χ0) is 22.1. The fourth-order valence-corrected chi connectivity index (χ4v) is 3.77. The number of urea groups is 1. The van der Waals surface area contributed by atoms with Crippen LogP contribution in [0.3, 0.4) is 0 Å². The fourth-order valence-electron chi connectivity index (χ4n) is 3.36. The third kappa shape index (κ3) is 4.36. The Labute approximate surface area is 181 Å². The molecule has 0 aliphatic carbocycles. The number of thioether (sulfide) groups is 1. The van der Waals surface area contributed by atoms with E-state index in [1.807, 2.05) is 42.7 Å². The molecule has 1 fully saturated rings. The molecule has 1 atom stereocenters. The summed E-state index contributed by atoms with van der Waals surface area (Å²) in [5.74, 6) is -0.869. The predicted octanol–water partition coefficient (Wildman–Crippen LogP) is 4.11. The van der Waals surface area contributed by atoms with E-state index in [0.717, 1.165) is 15.4 Å². The molecule has 0 spiro atoms. The van der Waals surface area contributed by atoms with Gasteiger partial charge in [-0.3, -0.25) is 14.5 Å². The van der Waals surface area contributed by atoms with Crippen molar-refractivity contribution in [1.82, 2.24) is 10.2 Å². The van der Waals surface area contributed by atoms with Crippen LogP contribution in [0.2, 0.25) is 0 Å². The molecule has 1 aliphatic rings. The maximum atomic E-state index is 13.1. The van der Waals surface area contributed by atoms with Crippen LogP contribution < -0.4 is 10.6 Å². The van der Waals surface area contributed by atoms with E-state index in [9.17, 15) is 14.4 Å². The van der Waals surface area contributed by atoms with Crippen molar-refractivity contribution in [2.24, 2.45) is 0 Å². The normalized spacial score (nSPS) is 19.0. The molecule has 1 heterocycles. The Morgan fingerprint density at radius 1 is 1.07 bits per heavy atom. The lowest BCUT2D eigenvalue weighted by Gasteiger charge is -2.24. The van der Waals surface area contributed by atoms with Crippen LogP contribution in [0, 0.1) is 0 Å². The molecule has 2 N–H and O–H groups in total. The highest BCUT2D eigenvalue weighted by atomic mass is 32.2. The van der Waals surface area contributed by atoms with E-state index in [2.05, 4.69) is 31.4 Å². The molecule has 30 heavy (non-hydrogen) atoms. The maximum Gasteiger partial charge on any atom is 0.325 e. The molecule has 0 saturated carbocycles. The molecule has 6 nitrogen and oxygen atoms in total. The summed E-state index contributed by atoms with van der Waals surface area (Å²) in [4.78, 5) is 40.0. The number of rotatable bonds is 5. The van der Waals surface area contributed by atoms with Gasteiger partial charge in [0.05, 0.1) is 0 Å². The molecule has 0 radical (unpaired) electrons. The third-order valence-electron chi connectivity index (χ3n) is 5.28. The van der Waals surface area contributed by atoms with Crippen LogP contribution in [0.4, 0.5) is 10.5 Å². The van der Waals surface area contributed by atoms with E-state index >= 15 is 0 Å². The lowest BCUT2D eigenvalue weighted by atomic mass is 9.84. The Bertz CT molecular complexity index is 965. The van der Waals surface area contributed by atoms with Crippen LogP contribution in [0.15, 0.2) is 53.4 Å². The van der Waals surface area contributed by atoms with Crippen molar-refractivity contribution in [1.29, 1.82) is 0 Å². The number of imide groups is 1. The molecule has 7 heteroatoms. The molecule has 158 valence electrons. The Balaban J connectivity index is 1.72. The second-order valence-corrected chi connectivity index (χ2v) is 9.43. The largest absolute Gasteiger partial charge is 0.325 e. The van der Waals surface area contributed by atoms with Crippen molar-refractivity contribution in [3.63, 3.8) is 0 Å². The molecular weight excluding hydrogens is 398 g/mol. The zero-order valence-electron chi connectivity index (χ0n) is 17.9. The maximum absolute atomic E-state index is 13.1. The Morgan fingerprint density at radius 2 is 1.67 bits per heavy atom. The molecule has 0 aromatic heterocycles. The van der Waals surface area contributed by atoms with Gasteiger partial charge >= 0.3 is 6.03 Å². The predicted molar refractivity (Wildman–Crippen MR) is 120 cm³/mol. The van der Waals surface area contributed by atoms with Gasteiger partial charge in [-0.15, -0.1) is 11.8 Å². The number of hydrogen-bond acceptors (Lipinski definition) is 4. The minimum atomic E-state index is -1.20. The minimum Gasteiger partial charge on any atom is -0.325 e. The highest BCUT2D eigenvalue weighted by Crippen LogP contribution is 2.31. The Kier molecular flexibility index (Phi) is 5.94. The second-order valence-electron chi connectivity index (χ2n) is 8.55. The number of carbonyl (C=O) groups is 3. The molecule has 2 aromatic rings. The quantitative estimate of drug-likeness (QED) is 0.558.